The van der Waals surface area contributed by atoms with E-state index in [1.807, 2.05) is 6.08 Å². The van der Waals surface area contributed by atoms with Crippen LogP contribution >= 0.6 is 0 Å². The molecule has 0 spiro atoms. The van der Waals surface area contributed by atoms with Crippen LogP contribution in [0.1, 0.15) is 64.2 Å². The molecule has 0 saturated carbocycles. The highest BCUT2D eigenvalue weighted by Gasteiger charge is 1.91. The van der Waals surface area contributed by atoms with E-state index >= 15 is 0 Å². The van der Waals surface area contributed by atoms with Gasteiger partial charge in [-0.15, -0.1) is 6.58 Å². The van der Waals surface area contributed by atoms with Gasteiger partial charge >= 0.3 is 0 Å². The molecule has 0 saturated heterocycles. The van der Waals surface area contributed by atoms with Gasteiger partial charge in [-0.25, -0.2) is 0 Å². The van der Waals surface area contributed by atoms with E-state index in [-0.39, 0.29) is 0 Å². The van der Waals surface area contributed by atoms with Gasteiger partial charge in [-0.3, -0.25) is 0 Å². The fourth-order valence-corrected chi connectivity index (χ4v) is 1.55. The molecule has 0 atom stereocenters. The lowest BCUT2D eigenvalue weighted by Crippen LogP contribution is -1.80. The van der Waals surface area contributed by atoms with E-state index in [9.17, 15) is 0 Å². The number of unbranched alkanes of at least 4 members (excludes halogenated alkanes) is 9. The van der Waals surface area contributed by atoms with Crippen molar-refractivity contribution in [3.63, 3.8) is 0 Å². The Kier molecular flexibility index (Phi) is 11.6. The van der Waals surface area contributed by atoms with E-state index in [1.54, 1.807) is 0 Å². The molecule has 0 bridgehead atoms. The van der Waals surface area contributed by atoms with Gasteiger partial charge in [-0.1, -0.05) is 44.6 Å². The van der Waals surface area contributed by atoms with Crippen LogP contribution < -0.4 is 0 Å². The van der Waals surface area contributed by atoms with Gasteiger partial charge in [-0.2, -0.15) is 5.26 Å². The summed E-state index contributed by atoms with van der Waals surface area (Å²) in [6, 6.07) is 2.18. The van der Waals surface area contributed by atoms with E-state index in [2.05, 4.69) is 12.6 Å². The summed E-state index contributed by atoms with van der Waals surface area (Å²) in [5.41, 5.74) is 0. The summed E-state index contributed by atoms with van der Waals surface area (Å²) in [5, 5.41) is 8.33. The van der Waals surface area contributed by atoms with Crippen molar-refractivity contribution in [2.45, 2.75) is 64.2 Å². The molecule has 14 heavy (non-hydrogen) atoms. The second-order valence-corrected chi connectivity index (χ2v) is 3.81. The zero-order valence-corrected chi connectivity index (χ0v) is 9.30. The lowest BCUT2D eigenvalue weighted by Gasteiger charge is -1.99. The molecule has 0 unspecified atom stereocenters. The summed E-state index contributed by atoms with van der Waals surface area (Å²) in [6.45, 7) is 3.71. The fraction of sp³-hybridized carbons (Fsp3) is 0.769. The zero-order chi connectivity index (χ0) is 10.5. The van der Waals surface area contributed by atoms with Gasteiger partial charge in [0.2, 0.25) is 0 Å². The largest absolute Gasteiger partial charge is 0.198 e. The number of nitrogens with zero attached hydrogens (tertiary/aromatic N) is 1. The highest BCUT2D eigenvalue weighted by Crippen LogP contribution is 2.10. The van der Waals surface area contributed by atoms with Crippen LogP contribution in [-0.4, -0.2) is 0 Å². The molecular formula is C13H23N. The molecule has 0 fully saturated rings. The number of hydrogen-bond acceptors (Lipinski definition) is 1. The molecule has 0 aliphatic rings. The third kappa shape index (κ3) is 11.2. The first-order valence-electron chi connectivity index (χ1n) is 5.89. The molecule has 0 aliphatic carbocycles. The van der Waals surface area contributed by atoms with Crippen molar-refractivity contribution in [1.82, 2.24) is 0 Å². The van der Waals surface area contributed by atoms with E-state index in [1.165, 1.54) is 51.4 Å². The third-order valence-corrected chi connectivity index (χ3v) is 2.45. The van der Waals surface area contributed by atoms with Crippen LogP contribution in [0.15, 0.2) is 12.7 Å². The molecule has 0 aromatic rings. The van der Waals surface area contributed by atoms with Crippen molar-refractivity contribution in [2.24, 2.45) is 0 Å². The Morgan fingerprint density at radius 1 is 0.857 bits per heavy atom. The SMILES string of the molecule is C=CCCCCCCCCCCC#N. The minimum Gasteiger partial charge on any atom is -0.198 e. The average molecular weight is 193 g/mol. The highest BCUT2D eigenvalue weighted by atomic mass is 14.2. The van der Waals surface area contributed by atoms with Crippen LogP contribution in [0.2, 0.25) is 0 Å². The Hall–Kier alpha value is -0.770. The molecular weight excluding hydrogens is 170 g/mol. The van der Waals surface area contributed by atoms with Crippen LogP contribution in [-0.2, 0) is 0 Å². The van der Waals surface area contributed by atoms with Gasteiger partial charge in [0.05, 0.1) is 6.07 Å². The van der Waals surface area contributed by atoms with E-state index in [0.29, 0.717) is 0 Å². The van der Waals surface area contributed by atoms with Gasteiger partial charge < -0.3 is 0 Å². The molecule has 0 aromatic heterocycles. The number of hydrogen-bond donors (Lipinski definition) is 0. The number of nitriles is 1. The van der Waals surface area contributed by atoms with Gasteiger partial charge in [-0.05, 0) is 19.3 Å². The highest BCUT2D eigenvalue weighted by molar-refractivity contribution is 4.68. The lowest BCUT2D eigenvalue weighted by atomic mass is 10.1. The first-order valence-corrected chi connectivity index (χ1v) is 5.89. The topological polar surface area (TPSA) is 23.8 Å². The first-order chi connectivity index (χ1) is 6.91. The summed E-state index contributed by atoms with van der Waals surface area (Å²) in [5.74, 6) is 0. The summed E-state index contributed by atoms with van der Waals surface area (Å²) in [7, 11) is 0. The summed E-state index contributed by atoms with van der Waals surface area (Å²) in [6.07, 6.45) is 14.3. The van der Waals surface area contributed by atoms with Crippen LogP contribution in [0.5, 0.6) is 0 Å². The maximum absolute atomic E-state index is 8.33. The standard InChI is InChI=1S/C13H23N/c1-2-3-4-5-6-7-8-9-10-11-12-13-14/h2H,1,3-12H2. The molecule has 0 aromatic carbocycles. The Morgan fingerprint density at radius 2 is 1.36 bits per heavy atom. The molecule has 0 amide bonds. The molecule has 0 aliphatic heterocycles. The van der Waals surface area contributed by atoms with E-state index < -0.39 is 0 Å². The van der Waals surface area contributed by atoms with Gasteiger partial charge in [0.15, 0.2) is 0 Å². The zero-order valence-electron chi connectivity index (χ0n) is 9.30. The predicted molar refractivity (Wildman–Crippen MR) is 62.0 cm³/mol. The molecule has 1 heteroatoms. The second-order valence-electron chi connectivity index (χ2n) is 3.81. The minimum atomic E-state index is 0.735. The van der Waals surface area contributed by atoms with Gasteiger partial charge in [0.25, 0.3) is 0 Å². The molecule has 0 radical (unpaired) electrons. The Balaban J connectivity index is 2.85. The maximum atomic E-state index is 8.33. The van der Waals surface area contributed by atoms with E-state index in [4.69, 9.17) is 5.26 Å². The Bertz CT molecular complexity index is 155. The molecule has 0 rings (SSSR count). The normalized spacial score (nSPS) is 9.64. The first kappa shape index (κ1) is 13.2. The van der Waals surface area contributed by atoms with Crippen molar-refractivity contribution in [3.8, 4) is 6.07 Å². The monoisotopic (exact) mass is 193 g/mol. The third-order valence-electron chi connectivity index (χ3n) is 2.45. The van der Waals surface area contributed by atoms with Crippen LogP contribution in [0.25, 0.3) is 0 Å². The fourth-order valence-electron chi connectivity index (χ4n) is 1.55. The predicted octanol–water partition coefficient (Wildman–Crippen LogP) is 4.60. The smallest absolute Gasteiger partial charge is 0.0621 e. The molecule has 80 valence electrons. The summed E-state index contributed by atoms with van der Waals surface area (Å²) in [4.78, 5) is 0. The van der Waals surface area contributed by atoms with Crippen molar-refractivity contribution < 1.29 is 0 Å². The molecule has 0 heterocycles. The molecule has 0 N–H and O–H groups in total. The minimum absolute atomic E-state index is 0.735. The summed E-state index contributed by atoms with van der Waals surface area (Å²) >= 11 is 0. The van der Waals surface area contributed by atoms with Crippen LogP contribution in [0, 0.1) is 11.3 Å². The Labute approximate surface area is 88.8 Å². The summed E-state index contributed by atoms with van der Waals surface area (Å²) < 4.78 is 0. The van der Waals surface area contributed by atoms with Crippen molar-refractivity contribution in [1.29, 1.82) is 5.26 Å². The van der Waals surface area contributed by atoms with Crippen LogP contribution in [0.3, 0.4) is 0 Å². The van der Waals surface area contributed by atoms with Crippen molar-refractivity contribution in [3.05, 3.63) is 12.7 Å². The Morgan fingerprint density at radius 3 is 1.86 bits per heavy atom. The van der Waals surface area contributed by atoms with E-state index in [0.717, 1.165) is 12.8 Å². The van der Waals surface area contributed by atoms with Gasteiger partial charge in [0, 0.05) is 6.42 Å². The second kappa shape index (κ2) is 12.2. The maximum Gasteiger partial charge on any atom is 0.0621 e. The van der Waals surface area contributed by atoms with Gasteiger partial charge in [0.1, 0.15) is 0 Å². The quantitative estimate of drug-likeness (QED) is 0.367. The lowest BCUT2D eigenvalue weighted by molar-refractivity contribution is 0.572. The number of allylic oxidation sites excluding steroid dienone is 1. The van der Waals surface area contributed by atoms with Crippen molar-refractivity contribution in [2.75, 3.05) is 0 Å². The van der Waals surface area contributed by atoms with Crippen LogP contribution in [0.4, 0.5) is 0 Å². The van der Waals surface area contributed by atoms with Crippen molar-refractivity contribution >= 4 is 0 Å². The average Bonchev–Trinajstić information content (AvgIpc) is 2.21. The number of rotatable bonds is 10. The molecule has 1 nitrogen and oxygen atoms in total.